The number of amides is 1. The van der Waals surface area contributed by atoms with Gasteiger partial charge in [0.05, 0.1) is 21.2 Å². The summed E-state index contributed by atoms with van der Waals surface area (Å²) < 4.78 is 38.8. The second kappa shape index (κ2) is 7.34. The Kier molecular flexibility index (Phi) is 5.32. The van der Waals surface area contributed by atoms with E-state index in [1.165, 1.54) is 6.07 Å². The summed E-state index contributed by atoms with van der Waals surface area (Å²) in [6.45, 7) is 0. The molecule has 3 nitrogen and oxygen atoms in total. The molecule has 0 atom stereocenters. The quantitative estimate of drug-likeness (QED) is 0.618. The van der Waals surface area contributed by atoms with Crippen molar-refractivity contribution in [3.05, 3.63) is 68.5 Å². The Morgan fingerprint density at radius 3 is 2.50 bits per heavy atom. The van der Waals surface area contributed by atoms with Crippen molar-refractivity contribution in [3.63, 3.8) is 0 Å². The molecule has 0 saturated carbocycles. The Balaban J connectivity index is 1.88. The van der Waals surface area contributed by atoms with Crippen LogP contribution in [0.15, 0.2) is 52.4 Å². The summed E-state index contributed by atoms with van der Waals surface area (Å²) in [6.07, 6.45) is -3.00. The third-order valence-electron chi connectivity index (χ3n) is 3.33. The molecule has 1 amide bonds. The second-order valence-electron chi connectivity index (χ2n) is 5.17. The van der Waals surface area contributed by atoms with Crippen molar-refractivity contribution in [1.29, 1.82) is 0 Å². The Labute approximate surface area is 160 Å². The maximum Gasteiger partial charge on any atom is 0.417 e. The number of alkyl halides is 3. The molecule has 1 aliphatic heterocycles. The number of nitrogens with zero attached hydrogens (tertiary/aromatic N) is 1. The molecule has 1 saturated heterocycles. The molecule has 0 bridgehead atoms. The summed E-state index contributed by atoms with van der Waals surface area (Å²) in [7, 11) is 0. The third kappa shape index (κ3) is 4.23. The standard InChI is InChI=1S/C17H9Cl2F3N2OS/c18-12-4-2-1-3-9(12)7-14-15(25)24-16(26-14)23-10-5-6-13(19)11(8-10)17(20,21)22/h1-8H,(H,23,24,25). The van der Waals surface area contributed by atoms with Crippen LogP contribution in [0.4, 0.5) is 18.9 Å². The minimum Gasteiger partial charge on any atom is -0.300 e. The van der Waals surface area contributed by atoms with Crippen LogP contribution in [0.1, 0.15) is 11.1 Å². The number of amidine groups is 1. The lowest BCUT2D eigenvalue weighted by molar-refractivity contribution is -0.137. The summed E-state index contributed by atoms with van der Waals surface area (Å²) in [5, 5.41) is 2.75. The van der Waals surface area contributed by atoms with Crippen LogP contribution >= 0.6 is 35.0 Å². The van der Waals surface area contributed by atoms with E-state index >= 15 is 0 Å². The molecule has 2 aromatic rings. The zero-order valence-electron chi connectivity index (χ0n) is 12.8. The van der Waals surface area contributed by atoms with Gasteiger partial charge >= 0.3 is 6.18 Å². The highest BCUT2D eigenvalue weighted by molar-refractivity contribution is 8.18. The first-order valence-electron chi connectivity index (χ1n) is 7.15. The molecule has 2 aromatic carbocycles. The normalized spacial score (nSPS) is 17.8. The van der Waals surface area contributed by atoms with Crippen molar-refractivity contribution in [1.82, 2.24) is 5.32 Å². The average molecular weight is 417 g/mol. The van der Waals surface area contributed by atoms with E-state index in [0.29, 0.717) is 15.5 Å². The minimum absolute atomic E-state index is 0.0310. The first-order valence-corrected chi connectivity index (χ1v) is 8.72. The van der Waals surface area contributed by atoms with Gasteiger partial charge in [0.2, 0.25) is 0 Å². The van der Waals surface area contributed by atoms with Gasteiger partial charge in [-0.1, -0.05) is 41.4 Å². The van der Waals surface area contributed by atoms with Gasteiger partial charge in [0, 0.05) is 5.02 Å². The third-order valence-corrected chi connectivity index (χ3v) is 4.91. The summed E-state index contributed by atoms with van der Waals surface area (Å²) in [4.78, 5) is 16.4. The summed E-state index contributed by atoms with van der Waals surface area (Å²) in [6, 6.07) is 10.3. The number of carbonyl (C=O) groups is 1. The molecule has 0 unspecified atom stereocenters. The number of thioether (sulfide) groups is 1. The highest BCUT2D eigenvalue weighted by Gasteiger charge is 2.33. The summed E-state index contributed by atoms with van der Waals surface area (Å²) >= 11 is 12.7. The lowest BCUT2D eigenvalue weighted by Crippen LogP contribution is -2.19. The van der Waals surface area contributed by atoms with Crippen LogP contribution in [0, 0.1) is 0 Å². The van der Waals surface area contributed by atoms with Crippen molar-refractivity contribution >= 4 is 57.8 Å². The van der Waals surface area contributed by atoms with Crippen LogP contribution in [0.5, 0.6) is 0 Å². The van der Waals surface area contributed by atoms with E-state index in [0.717, 1.165) is 23.9 Å². The highest BCUT2D eigenvalue weighted by atomic mass is 35.5. The molecule has 0 aliphatic carbocycles. The lowest BCUT2D eigenvalue weighted by Gasteiger charge is -2.09. The molecular formula is C17H9Cl2F3N2OS. The molecule has 0 radical (unpaired) electrons. The number of carbonyl (C=O) groups excluding carboxylic acids is 1. The second-order valence-corrected chi connectivity index (χ2v) is 7.01. The van der Waals surface area contributed by atoms with Crippen molar-refractivity contribution in [2.75, 3.05) is 0 Å². The van der Waals surface area contributed by atoms with Crippen LogP contribution in [-0.4, -0.2) is 11.1 Å². The molecule has 9 heteroatoms. The van der Waals surface area contributed by atoms with Crippen molar-refractivity contribution in [2.24, 2.45) is 4.99 Å². The van der Waals surface area contributed by atoms with Crippen LogP contribution in [-0.2, 0) is 11.0 Å². The van der Waals surface area contributed by atoms with Gasteiger partial charge < -0.3 is 5.32 Å². The van der Waals surface area contributed by atoms with Crippen molar-refractivity contribution in [2.45, 2.75) is 6.18 Å². The lowest BCUT2D eigenvalue weighted by atomic mass is 10.2. The Morgan fingerprint density at radius 2 is 1.81 bits per heavy atom. The fourth-order valence-corrected chi connectivity index (χ4v) is 3.38. The van der Waals surface area contributed by atoms with Crippen LogP contribution in [0.3, 0.4) is 0 Å². The number of aliphatic imine (C=N–C) groups is 1. The predicted octanol–water partition coefficient (Wildman–Crippen LogP) is 5.90. The summed E-state index contributed by atoms with van der Waals surface area (Å²) in [5.41, 5.74) is -0.301. The smallest absolute Gasteiger partial charge is 0.300 e. The number of benzene rings is 2. The maximum absolute atomic E-state index is 12.9. The molecule has 1 fully saturated rings. The molecule has 1 heterocycles. The van der Waals surface area contributed by atoms with E-state index in [-0.39, 0.29) is 10.9 Å². The van der Waals surface area contributed by atoms with E-state index in [2.05, 4.69) is 10.3 Å². The van der Waals surface area contributed by atoms with Crippen LogP contribution in [0.25, 0.3) is 6.08 Å². The molecule has 3 rings (SSSR count). The molecular weight excluding hydrogens is 408 g/mol. The van der Waals surface area contributed by atoms with Gasteiger partial charge in [-0.3, -0.25) is 4.79 Å². The van der Waals surface area contributed by atoms with Crippen LogP contribution in [0.2, 0.25) is 10.0 Å². The van der Waals surface area contributed by atoms with Gasteiger partial charge in [0.1, 0.15) is 0 Å². The van der Waals surface area contributed by atoms with Gasteiger partial charge in [-0.05, 0) is 47.7 Å². The van der Waals surface area contributed by atoms with E-state index in [4.69, 9.17) is 23.2 Å². The number of hydrogen-bond acceptors (Lipinski definition) is 3. The molecule has 26 heavy (non-hydrogen) atoms. The largest absolute Gasteiger partial charge is 0.417 e. The van der Waals surface area contributed by atoms with E-state index < -0.39 is 22.7 Å². The SMILES string of the molecule is O=C1NC(=Nc2ccc(Cl)c(C(F)(F)F)c2)SC1=Cc1ccccc1Cl. The Morgan fingerprint density at radius 1 is 1.08 bits per heavy atom. The van der Waals surface area contributed by atoms with Gasteiger partial charge in [-0.25, -0.2) is 4.99 Å². The average Bonchev–Trinajstić information content (AvgIpc) is 2.90. The minimum atomic E-state index is -4.59. The van der Waals surface area contributed by atoms with E-state index in [9.17, 15) is 18.0 Å². The maximum atomic E-state index is 12.9. The Bertz CT molecular complexity index is 942. The van der Waals surface area contributed by atoms with Crippen molar-refractivity contribution in [3.8, 4) is 0 Å². The number of rotatable bonds is 2. The first kappa shape index (κ1) is 18.8. The molecule has 1 N–H and O–H groups in total. The number of nitrogens with one attached hydrogen (secondary N) is 1. The number of hydrogen-bond donors (Lipinski definition) is 1. The highest BCUT2D eigenvalue weighted by Crippen LogP contribution is 2.37. The van der Waals surface area contributed by atoms with Gasteiger partial charge in [0.25, 0.3) is 5.91 Å². The van der Waals surface area contributed by atoms with Gasteiger partial charge in [0.15, 0.2) is 5.17 Å². The fraction of sp³-hybridized carbons (Fsp3) is 0.0588. The van der Waals surface area contributed by atoms with E-state index in [1.54, 1.807) is 30.3 Å². The molecule has 0 spiro atoms. The Hall–Kier alpha value is -1.96. The fourth-order valence-electron chi connectivity index (χ4n) is 2.13. The van der Waals surface area contributed by atoms with Gasteiger partial charge in [-0.15, -0.1) is 0 Å². The van der Waals surface area contributed by atoms with Crippen LogP contribution < -0.4 is 5.32 Å². The zero-order chi connectivity index (χ0) is 18.9. The monoisotopic (exact) mass is 416 g/mol. The zero-order valence-corrected chi connectivity index (χ0v) is 15.1. The van der Waals surface area contributed by atoms with E-state index in [1.807, 2.05) is 0 Å². The number of halogens is 5. The molecule has 1 aliphatic rings. The summed E-state index contributed by atoms with van der Waals surface area (Å²) in [5.74, 6) is -0.404. The topological polar surface area (TPSA) is 41.5 Å². The predicted molar refractivity (Wildman–Crippen MR) is 98.7 cm³/mol. The van der Waals surface area contributed by atoms with Gasteiger partial charge in [-0.2, -0.15) is 13.2 Å². The molecule has 0 aromatic heterocycles. The first-order chi connectivity index (χ1) is 12.2. The van der Waals surface area contributed by atoms with Crippen molar-refractivity contribution < 1.29 is 18.0 Å². The molecule has 134 valence electrons.